The van der Waals surface area contributed by atoms with Crippen LogP contribution >= 0.6 is 0 Å². The molecule has 0 bridgehead atoms. The molecule has 0 spiro atoms. The van der Waals surface area contributed by atoms with Crippen LogP contribution in [0.15, 0.2) is 35.6 Å². The Bertz CT molecular complexity index is 543. The second-order valence-electron chi connectivity index (χ2n) is 6.31. The fourth-order valence-electron chi connectivity index (χ4n) is 3.11. The molecule has 0 atom stereocenters. The number of hydrogen-bond donors (Lipinski definition) is 0. The van der Waals surface area contributed by atoms with Crippen LogP contribution in [-0.4, -0.2) is 12.1 Å². The van der Waals surface area contributed by atoms with Gasteiger partial charge in [0.15, 0.2) is 0 Å². The molecule has 134 valence electrons. The van der Waals surface area contributed by atoms with Crippen molar-refractivity contribution in [1.29, 1.82) is 0 Å². The van der Waals surface area contributed by atoms with Crippen molar-refractivity contribution in [2.24, 2.45) is 0 Å². The highest BCUT2D eigenvalue weighted by atomic mass is 16.5. The van der Waals surface area contributed by atoms with Crippen LogP contribution in [0.4, 0.5) is 0 Å². The van der Waals surface area contributed by atoms with E-state index in [1.54, 1.807) is 7.11 Å². The van der Waals surface area contributed by atoms with Gasteiger partial charge in [0.2, 0.25) is 0 Å². The van der Waals surface area contributed by atoms with Gasteiger partial charge in [-0.2, -0.15) is 0 Å². The zero-order valence-electron chi connectivity index (χ0n) is 16.3. The van der Waals surface area contributed by atoms with Gasteiger partial charge in [0, 0.05) is 12.3 Å². The Morgan fingerprint density at radius 1 is 1.00 bits per heavy atom. The highest BCUT2D eigenvalue weighted by Crippen LogP contribution is 2.33. The Morgan fingerprint density at radius 2 is 1.71 bits per heavy atom. The molecule has 0 saturated heterocycles. The first-order chi connectivity index (χ1) is 11.7. The van der Waals surface area contributed by atoms with E-state index in [0.29, 0.717) is 0 Å². The minimum Gasteiger partial charge on any atom is -0.497 e. The van der Waals surface area contributed by atoms with E-state index in [4.69, 9.17) is 4.74 Å². The van der Waals surface area contributed by atoms with Crippen LogP contribution in [0.3, 0.4) is 0 Å². The number of nitrogens with zero attached hydrogens (tertiary/aromatic N) is 1. The van der Waals surface area contributed by atoms with E-state index < -0.39 is 0 Å². The number of allylic oxidation sites excluding steroid dienone is 4. The van der Waals surface area contributed by atoms with Crippen LogP contribution in [0.25, 0.3) is 5.57 Å². The minimum absolute atomic E-state index is 0.888. The molecule has 2 heteroatoms. The van der Waals surface area contributed by atoms with Gasteiger partial charge in [0.25, 0.3) is 0 Å². The lowest BCUT2D eigenvalue weighted by Crippen LogP contribution is -2.00. The lowest BCUT2D eigenvalue weighted by Gasteiger charge is -2.18. The summed E-state index contributed by atoms with van der Waals surface area (Å²) in [5.41, 5.74) is 5.55. The second kappa shape index (κ2) is 11.9. The Morgan fingerprint density at radius 3 is 2.29 bits per heavy atom. The van der Waals surface area contributed by atoms with E-state index in [-0.39, 0.29) is 0 Å². The van der Waals surface area contributed by atoms with Crippen LogP contribution in [0, 0.1) is 0 Å². The molecule has 0 radical (unpaired) electrons. The maximum atomic E-state index is 5.42. The first-order valence-corrected chi connectivity index (χ1v) is 9.63. The summed E-state index contributed by atoms with van der Waals surface area (Å²) >= 11 is 0. The average molecular weight is 330 g/mol. The summed E-state index contributed by atoms with van der Waals surface area (Å²) in [5.74, 6) is 0.888. The molecule has 0 aromatic carbocycles. The summed E-state index contributed by atoms with van der Waals surface area (Å²) in [5, 5.41) is 0. The van der Waals surface area contributed by atoms with Crippen LogP contribution in [0.1, 0.15) is 84.8 Å². The fraction of sp³-hybridized carbons (Fsp3) is 0.591. The number of rotatable bonds is 11. The van der Waals surface area contributed by atoms with Gasteiger partial charge in [-0.1, -0.05) is 59.5 Å². The lowest BCUT2D eigenvalue weighted by molar-refractivity contribution is 0.414. The molecule has 1 heterocycles. The van der Waals surface area contributed by atoms with Gasteiger partial charge >= 0.3 is 0 Å². The molecule has 0 N–H and O–H groups in total. The van der Waals surface area contributed by atoms with Crippen molar-refractivity contribution in [2.75, 3.05) is 7.11 Å². The van der Waals surface area contributed by atoms with E-state index in [9.17, 15) is 0 Å². The molecular weight excluding hydrogens is 294 g/mol. The first kappa shape index (κ1) is 20.5. The third-order valence-corrected chi connectivity index (χ3v) is 4.23. The monoisotopic (exact) mass is 329 g/mol. The van der Waals surface area contributed by atoms with Crippen molar-refractivity contribution in [3.05, 3.63) is 41.2 Å². The van der Waals surface area contributed by atoms with E-state index in [2.05, 4.69) is 44.8 Å². The maximum absolute atomic E-state index is 5.42. The Hall–Kier alpha value is -1.57. The van der Waals surface area contributed by atoms with E-state index in [0.717, 1.165) is 43.5 Å². The number of unbranched alkanes of at least 4 members (excludes halogenated alkanes) is 1. The van der Waals surface area contributed by atoms with Gasteiger partial charge in [0.1, 0.15) is 5.75 Å². The molecule has 0 aliphatic heterocycles. The van der Waals surface area contributed by atoms with Crippen molar-refractivity contribution in [3.63, 3.8) is 0 Å². The number of aromatic nitrogens is 1. The SMILES string of the molecule is CCC/C=C(CCC)/C(CCC)=C(\CCC)c1cc(OC)ccn1. The van der Waals surface area contributed by atoms with Crippen molar-refractivity contribution in [3.8, 4) is 5.75 Å². The predicted molar refractivity (Wildman–Crippen MR) is 105 cm³/mol. The van der Waals surface area contributed by atoms with Crippen LogP contribution in [0.2, 0.25) is 0 Å². The molecule has 0 aliphatic carbocycles. The van der Waals surface area contributed by atoms with E-state index in [1.807, 2.05) is 12.3 Å². The third kappa shape index (κ3) is 6.14. The van der Waals surface area contributed by atoms with Crippen molar-refractivity contribution in [1.82, 2.24) is 4.98 Å². The summed E-state index contributed by atoms with van der Waals surface area (Å²) in [7, 11) is 1.72. The summed E-state index contributed by atoms with van der Waals surface area (Å²) in [6, 6.07) is 4.01. The molecule has 0 unspecified atom stereocenters. The molecule has 0 aliphatic rings. The third-order valence-electron chi connectivity index (χ3n) is 4.23. The van der Waals surface area contributed by atoms with Gasteiger partial charge in [0.05, 0.1) is 12.8 Å². The van der Waals surface area contributed by atoms with Crippen LogP contribution in [0.5, 0.6) is 5.75 Å². The lowest BCUT2D eigenvalue weighted by atomic mass is 9.88. The molecule has 0 amide bonds. The molecule has 24 heavy (non-hydrogen) atoms. The van der Waals surface area contributed by atoms with E-state index >= 15 is 0 Å². The Labute approximate surface area is 149 Å². The molecule has 0 fully saturated rings. The van der Waals surface area contributed by atoms with Gasteiger partial charge in [-0.25, -0.2) is 0 Å². The highest BCUT2D eigenvalue weighted by Gasteiger charge is 2.14. The Kier molecular flexibility index (Phi) is 10.1. The van der Waals surface area contributed by atoms with Gasteiger partial charge in [-0.15, -0.1) is 0 Å². The maximum Gasteiger partial charge on any atom is 0.122 e. The second-order valence-corrected chi connectivity index (χ2v) is 6.31. The van der Waals surface area contributed by atoms with Crippen molar-refractivity contribution < 1.29 is 4.74 Å². The predicted octanol–water partition coefficient (Wildman–Crippen LogP) is 6.97. The molecule has 1 aromatic heterocycles. The molecule has 1 aromatic rings. The minimum atomic E-state index is 0.888. The van der Waals surface area contributed by atoms with Crippen LogP contribution in [-0.2, 0) is 0 Å². The van der Waals surface area contributed by atoms with E-state index in [1.165, 1.54) is 36.0 Å². The van der Waals surface area contributed by atoms with Gasteiger partial charge < -0.3 is 4.74 Å². The molecule has 1 rings (SSSR count). The van der Waals surface area contributed by atoms with Crippen molar-refractivity contribution >= 4 is 5.57 Å². The van der Waals surface area contributed by atoms with Crippen molar-refractivity contribution in [2.45, 2.75) is 79.1 Å². The largest absolute Gasteiger partial charge is 0.497 e. The summed E-state index contributed by atoms with van der Waals surface area (Å²) < 4.78 is 5.42. The van der Waals surface area contributed by atoms with Gasteiger partial charge in [-0.3, -0.25) is 4.98 Å². The summed E-state index contributed by atoms with van der Waals surface area (Å²) in [6.07, 6.45) is 13.5. The molecular formula is C22H35NO. The molecule has 2 nitrogen and oxygen atoms in total. The summed E-state index contributed by atoms with van der Waals surface area (Å²) in [6.45, 7) is 9.04. The first-order valence-electron chi connectivity index (χ1n) is 9.63. The summed E-state index contributed by atoms with van der Waals surface area (Å²) in [4.78, 5) is 4.67. The zero-order chi connectivity index (χ0) is 17.8. The number of ether oxygens (including phenoxy) is 1. The average Bonchev–Trinajstić information content (AvgIpc) is 2.62. The van der Waals surface area contributed by atoms with Gasteiger partial charge in [-0.05, 0) is 48.5 Å². The quantitative estimate of drug-likeness (QED) is 0.409. The number of methoxy groups -OCH3 is 1. The standard InChI is InChI=1S/C22H35NO/c1-6-10-14-18(11-7-2)20(12-8-3)21(13-9-4)22-17-19(24-5)15-16-23-22/h14-17H,6-13H2,1-5H3/b18-14+,21-20+. The Balaban J connectivity index is 3.45. The number of hydrogen-bond acceptors (Lipinski definition) is 2. The molecule has 0 saturated carbocycles. The fourth-order valence-corrected chi connectivity index (χ4v) is 3.11. The smallest absolute Gasteiger partial charge is 0.122 e. The highest BCUT2D eigenvalue weighted by molar-refractivity contribution is 5.71. The van der Waals surface area contributed by atoms with Crippen LogP contribution < -0.4 is 4.74 Å². The topological polar surface area (TPSA) is 22.1 Å². The number of pyridine rings is 1. The normalized spacial score (nSPS) is 13.0. The zero-order valence-corrected chi connectivity index (χ0v) is 16.3.